The number of hydrogen-bond donors (Lipinski definition) is 1. The lowest BCUT2D eigenvalue weighted by Crippen LogP contribution is -2.20. The fourth-order valence-corrected chi connectivity index (χ4v) is 4.26. The Bertz CT molecular complexity index is 1300. The normalized spacial score (nSPS) is 16.1. The summed E-state index contributed by atoms with van der Waals surface area (Å²) in [7, 11) is 1.85. The Labute approximate surface area is 179 Å². The van der Waals surface area contributed by atoms with Crippen molar-refractivity contribution in [2.45, 2.75) is 20.3 Å². The molecule has 1 unspecified atom stereocenters. The summed E-state index contributed by atoms with van der Waals surface area (Å²) < 4.78 is 17.7. The number of rotatable bonds is 3. The number of anilines is 2. The molecule has 7 nitrogen and oxygen atoms in total. The van der Waals surface area contributed by atoms with Gasteiger partial charge in [-0.3, -0.25) is 14.2 Å². The third kappa shape index (κ3) is 3.60. The van der Waals surface area contributed by atoms with E-state index < -0.39 is 5.82 Å². The highest BCUT2D eigenvalue weighted by molar-refractivity contribution is 6.13. The molecule has 1 aliphatic rings. The first-order chi connectivity index (χ1) is 14.4. The van der Waals surface area contributed by atoms with E-state index >= 15 is 0 Å². The number of amides is 1. The number of nitrogens with one attached hydrogen (secondary N) is 1. The van der Waals surface area contributed by atoms with Crippen LogP contribution in [0.25, 0.3) is 16.6 Å². The molecule has 4 heterocycles. The third-order valence-electron chi connectivity index (χ3n) is 5.66. The summed E-state index contributed by atoms with van der Waals surface area (Å²) in [6.07, 6.45) is 6.49. The number of benzene rings is 1. The summed E-state index contributed by atoms with van der Waals surface area (Å²) in [6, 6.07) is 5.08. The molecule has 0 aliphatic carbocycles. The molecule has 1 amide bonds. The first kappa shape index (κ1) is 20.8. The first-order valence-corrected chi connectivity index (χ1v) is 10.1. The van der Waals surface area contributed by atoms with Gasteiger partial charge in [-0.25, -0.2) is 9.37 Å². The van der Waals surface area contributed by atoms with Crippen LogP contribution in [0.5, 0.6) is 0 Å². The van der Waals surface area contributed by atoms with Crippen molar-refractivity contribution >= 4 is 33.8 Å². The molecule has 3 aromatic heterocycles. The standard InChI is InChI=1S/C22H23FN6O.FH.H2/c1-13-6-7-28(9-13)19-5-4-16(20-17(19)12-27(3)26-20)22(30)25-15-8-18(23)21-24-14(2)10-29(21)11-15;;/h4-5,8,10-13H,6-7,9H2,1-3H3,(H,25,30);2*1H. The summed E-state index contributed by atoms with van der Waals surface area (Å²) in [4.78, 5) is 19.5. The average molecular weight is 428 g/mol. The van der Waals surface area contributed by atoms with Crippen LogP contribution in [0, 0.1) is 18.7 Å². The number of imidazole rings is 1. The largest absolute Gasteiger partial charge is 0.371 e. The van der Waals surface area contributed by atoms with Gasteiger partial charge in [-0.15, -0.1) is 0 Å². The van der Waals surface area contributed by atoms with Crippen molar-refractivity contribution in [3.05, 3.63) is 53.9 Å². The Hall–Kier alpha value is -3.49. The highest BCUT2D eigenvalue weighted by atomic mass is 19.1. The van der Waals surface area contributed by atoms with Crippen LogP contribution in [0.2, 0.25) is 0 Å². The van der Waals surface area contributed by atoms with E-state index in [1.807, 2.05) is 19.3 Å². The van der Waals surface area contributed by atoms with Crippen molar-refractivity contribution in [2.75, 3.05) is 23.3 Å². The Kier molecular flexibility index (Phi) is 5.12. The summed E-state index contributed by atoms with van der Waals surface area (Å²) in [5, 5.41) is 8.30. The number of fused-ring (bicyclic) bond motifs is 2. The SMILES string of the molecule is Cc1cn2cc(NC(=O)c3ccc(N4CCC(C)C4)c4cn(C)nc34)cc(F)c2n1.F.[HH]. The van der Waals surface area contributed by atoms with E-state index in [0.29, 0.717) is 28.4 Å². The Morgan fingerprint density at radius 1 is 1.29 bits per heavy atom. The number of hydrogen-bond acceptors (Lipinski definition) is 4. The molecule has 1 saturated heterocycles. The van der Waals surface area contributed by atoms with Crippen LogP contribution in [0.1, 0.15) is 30.8 Å². The van der Waals surface area contributed by atoms with Gasteiger partial charge in [0.2, 0.25) is 0 Å². The predicted molar refractivity (Wildman–Crippen MR) is 119 cm³/mol. The van der Waals surface area contributed by atoms with Crippen LogP contribution in [-0.2, 0) is 7.05 Å². The lowest BCUT2D eigenvalue weighted by molar-refractivity contribution is 0.102. The fourth-order valence-electron chi connectivity index (χ4n) is 4.26. The molecule has 1 aliphatic heterocycles. The van der Waals surface area contributed by atoms with E-state index in [9.17, 15) is 9.18 Å². The van der Waals surface area contributed by atoms with Crippen molar-refractivity contribution in [3.63, 3.8) is 0 Å². The molecule has 31 heavy (non-hydrogen) atoms. The molecule has 0 saturated carbocycles. The molecule has 0 radical (unpaired) electrons. The second-order valence-corrected chi connectivity index (χ2v) is 8.18. The Balaban J connectivity index is 0.00000144. The van der Waals surface area contributed by atoms with Gasteiger partial charge in [0, 0.05) is 57.3 Å². The van der Waals surface area contributed by atoms with E-state index in [-0.39, 0.29) is 17.7 Å². The van der Waals surface area contributed by atoms with Crippen LogP contribution in [0.15, 0.2) is 36.8 Å². The van der Waals surface area contributed by atoms with E-state index in [4.69, 9.17) is 0 Å². The quantitative estimate of drug-likeness (QED) is 0.532. The summed E-state index contributed by atoms with van der Waals surface area (Å²) in [6.45, 7) is 6.05. The van der Waals surface area contributed by atoms with E-state index in [1.54, 1.807) is 34.5 Å². The van der Waals surface area contributed by atoms with Crippen molar-refractivity contribution in [3.8, 4) is 0 Å². The zero-order valence-corrected chi connectivity index (χ0v) is 17.6. The van der Waals surface area contributed by atoms with Gasteiger partial charge < -0.3 is 14.6 Å². The zero-order valence-electron chi connectivity index (χ0n) is 17.6. The van der Waals surface area contributed by atoms with Gasteiger partial charge in [0.05, 0.1) is 16.9 Å². The minimum absolute atomic E-state index is 0. The van der Waals surface area contributed by atoms with Gasteiger partial charge in [-0.2, -0.15) is 5.10 Å². The first-order valence-electron chi connectivity index (χ1n) is 10.1. The van der Waals surface area contributed by atoms with Gasteiger partial charge in [0.25, 0.3) is 5.91 Å². The monoisotopic (exact) mass is 428 g/mol. The number of carbonyl (C=O) groups is 1. The van der Waals surface area contributed by atoms with Crippen molar-refractivity contribution in [1.29, 1.82) is 0 Å². The molecular weight excluding hydrogens is 402 g/mol. The Morgan fingerprint density at radius 2 is 2.10 bits per heavy atom. The summed E-state index contributed by atoms with van der Waals surface area (Å²) in [5.74, 6) is -0.158. The third-order valence-corrected chi connectivity index (χ3v) is 5.66. The second kappa shape index (κ2) is 7.64. The van der Waals surface area contributed by atoms with Crippen molar-refractivity contribution < 1.29 is 15.3 Å². The van der Waals surface area contributed by atoms with E-state index in [2.05, 4.69) is 27.2 Å². The number of aromatic nitrogens is 4. The summed E-state index contributed by atoms with van der Waals surface area (Å²) in [5.41, 5.74) is 3.52. The van der Waals surface area contributed by atoms with Crippen LogP contribution < -0.4 is 10.2 Å². The predicted octanol–water partition coefficient (Wildman–Crippen LogP) is 4.17. The summed E-state index contributed by atoms with van der Waals surface area (Å²) >= 11 is 0. The Morgan fingerprint density at radius 3 is 2.84 bits per heavy atom. The molecule has 5 rings (SSSR count). The smallest absolute Gasteiger partial charge is 0.257 e. The maximum atomic E-state index is 14.4. The van der Waals surface area contributed by atoms with Gasteiger partial charge in [-0.1, -0.05) is 6.92 Å². The highest BCUT2D eigenvalue weighted by Crippen LogP contribution is 2.32. The lowest BCUT2D eigenvalue weighted by atomic mass is 10.1. The second-order valence-electron chi connectivity index (χ2n) is 8.18. The van der Waals surface area contributed by atoms with Gasteiger partial charge >= 0.3 is 0 Å². The average Bonchev–Trinajstić information content (AvgIpc) is 3.38. The maximum absolute atomic E-state index is 14.4. The molecule has 9 heteroatoms. The van der Waals surface area contributed by atoms with Gasteiger partial charge in [0.15, 0.2) is 11.5 Å². The maximum Gasteiger partial charge on any atom is 0.257 e. The minimum Gasteiger partial charge on any atom is -0.371 e. The fraction of sp³-hybridized carbons (Fsp3) is 0.318. The highest BCUT2D eigenvalue weighted by Gasteiger charge is 2.23. The molecular formula is C22H26F2N6O. The van der Waals surface area contributed by atoms with Crippen LogP contribution in [-0.4, -0.2) is 38.2 Å². The molecule has 164 valence electrons. The molecule has 1 N–H and O–H groups in total. The van der Waals surface area contributed by atoms with E-state index in [0.717, 1.165) is 30.6 Å². The molecule has 1 aromatic carbocycles. The van der Waals surface area contributed by atoms with Gasteiger partial charge in [-0.05, 0) is 31.4 Å². The molecule has 1 atom stereocenters. The molecule has 4 aromatic rings. The minimum atomic E-state index is -0.484. The molecule has 0 spiro atoms. The molecule has 0 bridgehead atoms. The van der Waals surface area contributed by atoms with Crippen LogP contribution >= 0.6 is 0 Å². The van der Waals surface area contributed by atoms with E-state index in [1.165, 1.54) is 6.07 Å². The van der Waals surface area contributed by atoms with Crippen LogP contribution in [0.4, 0.5) is 20.5 Å². The van der Waals surface area contributed by atoms with Crippen LogP contribution in [0.3, 0.4) is 0 Å². The number of nitrogens with zero attached hydrogens (tertiary/aromatic N) is 5. The van der Waals surface area contributed by atoms with Crippen molar-refractivity contribution in [2.24, 2.45) is 13.0 Å². The molecule has 1 fully saturated rings. The van der Waals surface area contributed by atoms with Gasteiger partial charge in [0.1, 0.15) is 5.52 Å². The lowest BCUT2D eigenvalue weighted by Gasteiger charge is -2.19. The number of pyridine rings is 1. The number of aryl methyl sites for hydroxylation is 2. The topological polar surface area (TPSA) is 67.5 Å². The number of halogens is 2. The van der Waals surface area contributed by atoms with Crippen molar-refractivity contribution in [1.82, 2.24) is 19.2 Å². The number of carbonyl (C=O) groups excluding carboxylic acids is 1. The zero-order chi connectivity index (χ0) is 21.0.